The number of hydrogen-bond acceptors (Lipinski definition) is 7. The van der Waals surface area contributed by atoms with Crippen LogP contribution in [0.15, 0.2) is 36.5 Å². The number of carbonyl (C=O) groups is 1. The second-order valence-electron chi connectivity index (χ2n) is 5.82. The first-order valence-corrected chi connectivity index (χ1v) is 8.69. The van der Waals surface area contributed by atoms with Gasteiger partial charge in [0.05, 0.1) is 18.5 Å². The van der Waals surface area contributed by atoms with Crippen LogP contribution in [0.25, 0.3) is 0 Å². The molecule has 2 amide bonds. The Morgan fingerprint density at radius 3 is 2.96 bits per heavy atom. The molecule has 0 saturated heterocycles. The lowest BCUT2D eigenvalue weighted by Gasteiger charge is -2.14. The Morgan fingerprint density at radius 2 is 2.14 bits per heavy atom. The van der Waals surface area contributed by atoms with Crippen molar-refractivity contribution < 1.29 is 19.4 Å². The molecule has 3 N–H and O–H groups in total. The quantitative estimate of drug-likeness (QED) is 0.680. The van der Waals surface area contributed by atoms with E-state index < -0.39 is 6.03 Å². The van der Waals surface area contributed by atoms with Crippen LogP contribution >= 0.6 is 0 Å². The van der Waals surface area contributed by atoms with Crippen LogP contribution in [0.1, 0.15) is 17.7 Å². The summed E-state index contributed by atoms with van der Waals surface area (Å²) in [6.45, 7) is 0.613. The number of aromatic nitrogens is 2. The number of ether oxygens (including phenoxy) is 2. The zero-order chi connectivity index (χ0) is 19.8. The van der Waals surface area contributed by atoms with Gasteiger partial charge in [-0.2, -0.15) is 10.2 Å². The molecular formula is C19H19N5O4. The first-order valence-electron chi connectivity index (χ1n) is 8.69. The molecule has 2 aromatic rings. The zero-order valence-electron chi connectivity index (χ0n) is 15.0. The van der Waals surface area contributed by atoms with Crippen LogP contribution < -0.4 is 20.1 Å². The van der Waals surface area contributed by atoms with Crippen molar-refractivity contribution in [2.24, 2.45) is 0 Å². The fourth-order valence-corrected chi connectivity index (χ4v) is 2.51. The maximum Gasteiger partial charge on any atom is 0.325 e. The minimum atomic E-state index is -0.554. The van der Waals surface area contributed by atoms with Crippen LogP contribution in [-0.2, 0) is 6.42 Å². The number of benzene rings is 1. The van der Waals surface area contributed by atoms with Gasteiger partial charge in [0, 0.05) is 6.61 Å². The molecule has 0 spiro atoms. The number of hydrogen-bond donors (Lipinski definition) is 3. The van der Waals surface area contributed by atoms with E-state index in [4.69, 9.17) is 19.8 Å². The fraction of sp³-hybridized carbons (Fsp3) is 0.263. The van der Waals surface area contributed by atoms with E-state index in [1.165, 1.54) is 6.20 Å². The summed E-state index contributed by atoms with van der Waals surface area (Å²) >= 11 is 0. The summed E-state index contributed by atoms with van der Waals surface area (Å²) in [6, 6.07) is 6.67. The van der Waals surface area contributed by atoms with Gasteiger partial charge in [0.2, 0.25) is 5.69 Å². The van der Waals surface area contributed by atoms with Gasteiger partial charge in [-0.05, 0) is 30.5 Å². The average Bonchev–Trinajstić information content (AvgIpc) is 2.69. The van der Waals surface area contributed by atoms with Crippen LogP contribution in [0, 0.1) is 11.3 Å². The number of nitriles is 1. The van der Waals surface area contributed by atoms with Crippen molar-refractivity contribution in [2.45, 2.75) is 12.8 Å². The Labute approximate surface area is 161 Å². The van der Waals surface area contributed by atoms with Gasteiger partial charge >= 0.3 is 6.03 Å². The Bertz CT molecular complexity index is 923. The SMILES string of the molecule is N#Cc1ncc2nc1OCC/C=C/COc1ccc(CCO)cc1NC(=O)N2. The number of fused-ring (bicyclic) bond motifs is 3. The highest BCUT2D eigenvalue weighted by Gasteiger charge is 2.13. The van der Waals surface area contributed by atoms with Gasteiger partial charge in [0.25, 0.3) is 5.88 Å². The second kappa shape index (κ2) is 9.34. The average molecular weight is 381 g/mol. The van der Waals surface area contributed by atoms with Crippen molar-refractivity contribution >= 4 is 17.5 Å². The van der Waals surface area contributed by atoms with Gasteiger partial charge in [0.1, 0.15) is 18.4 Å². The Balaban J connectivity index is 1.90. The first-order chi connectivity index (χ1) is 13.7. The molecule has 1 aliphatic rings. The van der Waals surface area contributed by atoms with Crippen molar-refractivity contribution in [3.8, 4) is 17.7 Å². The number of rotatable bonds is 2. The van der Waals surface area contributed by atoms with E-state index in [0.717, 1.165) is 5.56 Å². The highest BCUT2D eigenvalue weighted by atomic mass is 16.5. The molecule has 1 aromatic carbocycles. The molecule has 144 valence electrons. The van der Waals surface area contributed by atoms with Crippen LogP contribution in [0.5, 0.6) is 11.6 Å². The number of aliphatic hydroxyl groups excluding tert-OH is 1. The van der Waals surface area contributed by atoms with Gasteiger partial charge < -0.3 is 19.9 Å². The van der Waals surface area contributed by atoms with Crippen LogP contribution in [0.2, 0.25) is 0 Å². The number of amides is 2. The molecule has 0 fully saturated rings. The minimum Gasteiger partial charge on any atom is -0.487 e. The van der Waals surface area contributed by atoms with Crippen LogP contribution in [0.4, 0.5) is 16.3 Å². The molecule has 9 heteroatoms. The topological polar surface area (TPSA) is 129 Å². The number of aliphatic hydroxyl groups is 1. The monoisotopic (exact) mass is 381 g/mol. The third-order valence-corrected chi connectivity index (χ3v) is 3.81. The Morgan fingerprint density at radius 1 is 1.25 bits per heavy atom. The predicted octanol–water partition coefficient (Wildman–Crippen LogP) is 2.24. The molecule has 9 nitrogen and oxygen atoms in total. The van der Waals surface area contributed by atoms with E-state index in [-0.39, 0.29) is 24.0 Å². The normalized spacial score (nSPS) is 15.2. The fourth-order valence-electron chi connectivity index (χ4n) is 2.51. The molecule has 0 radical (unpaired) electrons. The van der Waals surface area contributed by atoms with Crippen LogP contribution in [0.3, 0.4) is 0 Å². The van der Waals surface area contributed by atoms with Crippen molar-refractivity contribution in [1.29, 1.82) is 5.26 Å². The minimum absolute atomic E-state index is 0.00180. The highest BCUT2D eigenvalue weighted by Crippen LogP contribution is 2.27. The third-order valence-electron chi connectivity index (χ3n) is 3.81. The van der Waals surface area contributed by atoms with Gasteiger partial charge in [-0.3, -0.25) is 5.32 Å². The van der Waals surface area contributed by atoms with Crippen molar-refractivity contribution in [2.75, 3.05) is 30.5 Å². The molecule has 2 heterocycles. The maximum absolute atomic E-state index is 12.4. The van der Waals surface area contributed by atoms with Gasteiger partial charge in [0.15, 0.2) is 5.82 Å². The first kappa shape index (κ1) is 19.1. The molecule has 0 saturated carbocycles. The van der Waals surface area contributed by atoms with Gasteiger partial charge in [-0.15, -0.1) is 0 Å². The summed E-state index contributed by atoms with van der Waals surface area (Å²) in [6.07, 6.45) is 6.05. The Hall–Kier alpha value is -3.64. The maximum atomic E-state index is 12.4. The summed E-state index contributed by atoms with van der Waals surface area (Å²) in [5.74, 6) is 0.704. The molecule has 0 aliphatic carbocycles. The van der Waals surface area contributed by atoms with Crippen molar-refractivity contribution in [3.63, 3.8) is 0 Å². The standard InChI is InChI=1S/C19H19N5O4/c20-11-15-18-23-17(12-21-15)24-19(26)22-14-10-13(6-7-25)4-5-16(14)27-8-2-1-3-9-28-18/h1-2,4-5,10,12,25H,3,6-9H2,(H2,22,23,24,26)/b2-1+. The predicted molar refractivity (Wildman–Crippen MR) is 101 cm³/mol. The number of nitrogens with zero attached hydrogens (tertiary/aromatic N) is 3. The third kappa shape index (κ3) is 4.96. The van der Waals surface area contributed by atoms with E-state index in [1.807, 2.05) is 24.3 Å². The zero-order valence-corrected chi connectivity index (χ0v) is 15.0. The van der Waals surface area contributed by atoms with Gasteiger partial charge in [-0.25, -0.2) is 9.78 Å². The number of nitrogens with one attached hydrogen (secondary N) is 2. The Kier molecular flexibility index (Phi) is 6.38. The molecule has 1 aliphatic heterocycles. The second-order valence-corrected chi connectivity index (χ2v) is 5.82. The van der Waals surface area contributed by atoms with E-state index >= 15 is 0 Å². The lowest BCUT2D eigenvalue weighted by atomic mass is 10.1. The molecule has 0 unspecified atom stereocenters. The molecule has 1 aromatic heterocycles. The molecule has 28 heavy (non-hydrogen) atoms. The van der Waals surface area contributed by atoms with E-state index in [9.17, 15) is 4.79 Å². The molecular weight excluding hydrogens is 362 g/mol. The highest BCUT2D eigenvalue weighted by molar-refractivity contribution is 6.00. The largest absolute Gasteiger partial charge is 0.487 e. The number of anilines is 2. The number of carbonyl (C=O) groups excluding carboxylic acids is 1. The van der Waals surface area contributed by atoms with Crippen LogP contribution in [-0.4, -0.2) is 40.9 Å². The van der Waals surface area contributed by atoms with E-state index in [1.54, 1.807) is 12.1 Å². The summed E-state index contributed by atoms with van der Waals surface area (Å²) in [7, 11) is 0. The summed E-state index contributed by atoms with van der Waals surface area (Å²) in [5.41, 5.74) is 1.36. The molecule has 0 atom stereocenters. The lowest BCUT2D eigenvalue weighted by molar-refractivity contribution is 0.262. The lowest BCUT2D eigenvalue weighted by Crippen LogP contribution is -2.21. The summed E-state index contributed by atoms with van der Waals surface area (Å²) in [4.78, 5) is 20.5. The number of urea groups is 1. The van der Waals surface area contributed by atoms with E-state index in [2.05, 4.69) is 20.6 Å². The smallest absolute Gasteiger partial charge is 0.325 e. The summed E-state index contributed by atoms with van der Waals surface area (Å²) in [5, 5.41) is 23.5. The summed E-state index contributed by atoms with van der Waals surface area (Å²) < 4.78 is 11.2. The van der Waals surface area contributed by atoms with Crippen molar-refractivity contribution in [3.05, 3.63) is 47.8 Å². The molecule has 3 rings (SSSR count). The van der Waals surface area contributed by atoms with Gasteiger partial charge in [-0.1, -0.05) is 18.2 Å². The molecule has 2 bridgehead atoms. The van der Waals surface area contributed by atoms with E-state index in [0.29, 0.717) is 37.5 Å². The van der Waals surface area contributed by atoms with Crippen molar-refractivity contribution in [1.82, 2.24) is 9.97 Å².